The Labute approximate surface area is 117 Å². The van der Waals surface area contributed by atoms with E-state index < -0.39 is 0 Å². The standard InChI is InChI=1S/C13H16N4O.ClH/c14-8-4-7-10-11(9-5-2-1-3-6-9)16-13(15)17-12(10)18;/h1-3,5-6H,4,7-8,14H2,(H3,15,16,17,18);1H/p-1. The van der Waals surface area contributed by atoms with Gasteiger partial charge < -0.3 is 23.9 Å². The van der Waals surface area contributed by atoms with E-state index in [2.05, 4.69) is 9.97 Å². The molecule has 5 nitrogen and oxygen atoms in total. The summed E-state index contributed by atoms with van der Waals surface area (Å²) in [5, 5.41) is 0. The number of halogens is 1. The molecule has 0 atom stereocenters. The van der Waals surface area contributed by atoms with Gasteiger partial charge in [0, 0.05) is 11.1 Å². The SMILES string of the molecule is NCCCc1c(-c2ccccc2)nc(N)[nH]c1=O.[Cl-]. The van der Waals surface area contributed by atoms with Gasteiger partial charge in [0.15, 0.2) is 0 Å². The fraction of sp³-hybridized carbons (Fsp3) is 0.231. The predicted octanol–water partition coefficient (Wildman–Crippen LogP) is -2.09. The highest BCUT2D eigenvalue weighted by atomic mass is 35.5. The third kappa shape index (κ3) is 3.56. The number of rotatable bonds is 4. The Morgan fingerprint density at radius 2 is 1.89 bits per heavy atom. The lowest BCUT2D eigenvalue weighted by Gasteiger charge is -2.08. The number of H-pyrrole nitrogens is 1. The molecule has 2 rings (SSSR count). The first kappa shape index (κ1) is 15.2. The van der Waals surface area contributed by atoms with Crippen LogP contribution in [0, 0.1) is 0 Å². The van der Waals surface area contributed by atoms with Gasteiger partial charge in [-0.15, -0.1) is 0 Å². The molecule has 6 heteroatoms. The normalized spacial score (nSPS) is 9.95. The number of nitrogens with zero attached hydrogens (tertiary/aromatic N) is 1. The molecule has 0 bridgehead atoms. The van der Waals surface area contributed by atoms with Crippen molar-refractivity contribution in [2.75, 3.05) is 12.3 Å². The van der Waals surface area contributed by atoms with Crippen molar-refractivity contribution in [3.8, 4) is 11.3 Å². The van der Waals surface area contributed by atoms with Crippen LogP contribution in [0.4, 0.5) is 5.95 Å². The molecule has 0 aliphatic rings. The first-order chi connectivity index (χ1) is 8.72. The van der Waals surface area contributed by atoms with Crippen molar-refractivity contribution in [1.29, 1.82) is 0 Å². The van der Waals surface area contributed by atoms with Crippen LogP contribution in [0.2, 0.25) is 0 Å². The zero-order valence-corrected chi connectivity index (χ0v) is 11.2. The van der Waals surface area contributed by atoms with E-state index in [-0.39, 0.29) is 23.9 Å². The monoisotopic (exact) mass is 279 g/mol. The second-order valence-electron chi connectivity index (χ2n) is 4.04. The van der Waals surface area contributed by atoms with Gasteiger partial charge in [-0.1, -0.05) is 30.3 Å². The molecule has 0 saturated heterocycles. The summed E-state index contributed by atoms with van der Waals surface area (Å²) in [6.07, 6.45) is 1.35. The van der Waals surface area contributed by atoms with E-state index in [0.717, 1.165) is 12.0 Å². The van der Waals surface area contributed by atoms with Gasteiger partial charge in [-0.25, -0.2) is 4.98 Å². The molecule has 1 aromatic carbocycles. The Kier molecular flexibility index (Phi) is 5.54. The zero-order valence-electron chi connectivity index (χ0n) is 10.4. The molecule has 0 amide bonds. The van der Waals surface area contributed by atoms with Crippen molar-refractivity contribution in [3.63, 3.8) is 0 Å². The van der Waals surface area contributed by atoms with Crippen molar-refractivity contribution < 1.29 is 12.4 Å². The number of hydrogen-bond acceptors (Lipinski definition) is 4. The van der Waals surface area contributed by atoms with Gasteiger partial charge >= 0.3 is 0 Å². The van der Waals surface area contributed by atoms with Crippen LogP contribution >= 0.6 is 0 Å². The second-order valence-corrected chi connectivity index (χ2v) is 4.04. The zero-order chi connectivity index (χ0) is 13.0. The molecule has 1 aromatic heterocycles. The maximum absolute atomic E-state index is 11.9. The third-order valence-corrected chi connectivity index (χ3v) is 2.71. The minimum absolute atomic E-state index is 0. The number of nitrogens with one attached hydrogen (secondary N) is 1. The summed E-state index contributed by atoms with van der Waals surface area (Å²) in [7, 11) is 0. The topological polar surface area (TPSA) is 97.8 Å². The summed E-state index contributed by atoms with van der Waals surface area (Å²) in [4.78, 5) is 18.7. The van der Waals surface area contributed by atoms with Gasteiger partial charge in [0.2, 0.25) is 5.95 Å². The fourth-order valence-corrected chi connectivity index (χ4v) is 1.86. The molecule has 0 aliphatic carbocycles. The Morgan fingerprint density at radius 1 is 1.21 bits per heavy atom. The van der Waals surface area contributed by atoms with Gasteiger partial charge in [0.1, 0.15) is 0 Å². The molecule has 0 fully saturated rings. The Morgan fingerprint density at radius 3 is 2.53 bits per heavy atom. The lowest BCUT2D eigenvalue weighted by Crippen LogP contribution is -3.00. The van der Waals surface area contributed by atoms with Gasteiger partial charge in [0.25, 0.3) is 5.56 Å². The van der Waals surface area contributed by atoms with Crippen LogP contribution in [0.25, 0.3) is 11.3 Å². The van der Waals surface area contributed by atoms with E-state index in [4.69, 9.17) is 11.5 Å². The Hall–Kier alpha value is -1.85. The molecule has 0 spiro atoms. The van der Waals surface area contributed by atoms with Crippen LogP contribution in [-0.4, -0.2) is 16.5 Å². The number of benzene rings is 1. The molecule has 0 aliphatic heterocycles. The number of nitrogen functional groups attached to an aromatic ring is 1. The molecule has 5 N–H and O–H groups in total. The lowest BCUT2D eigenvalue weighted by molar-refractivity contribution is -0.00000401. The van der Waals surface area contributed by atoms with E-state index in [1.165, 1.54) is 0 Å². The maximum atomic E-state index is 11.9. The minimum atomic E-state index is -0.185. The van der Waals surface area contributed by atoms with E-state index in [9.17, 15) is 4.79 Å². The van der Waals surface area contributed by atoms with Gasteiger partial charge in [-0.05, 0) is 19.4 Å². The average molecular weight is 280 g/mol. The van der Waals surface area contributed by atoms with Crippen LogP contribution in [0.15, 0.2) is 35.1 Å². The predicted molar refractivity (Wildman–Crippen MR) is 72.1 cm³/mol. The number of anilines is 1. The van der Waals surface area contributed by atoms with Crippen molar-refractivity contribution in [2.45, 2.75) is 12.8 Å². The van der Waals surface area contributed by atoms with Crippen molar-refractivity contribution in [1.82, 2.24) is 9.97 Å². The van der Waals surface area contributed by atoms with Crippen molar-refractivity contribution in [2.24, 2.45) is 5.73 Å². The summed E-state index contributed by atoms with van der Waals surface area (Å²) in [6, 6.07) is 9.54. The Balaban J connectivity index is 0.00000180. The smallest absolute Gasteiger partial charge is 0.256 e. The van der Waals surface area contributed by atoms with Crippen LogP contribution in [0.3, 0.4) is 0 Å². The highest BCUT2D eigenvalue weighted by Gasteiger charge is 2.11. The molecule has 2 aromatic rings. The first-order valence-electron chi connectivity index (χ1n) is 5.86. The largest absolute Gasteiger partial charge is 1.00 e. The molecule has 0 saturated carbocycles. The first-order valence-corrected chi connectivity index (χ1v) is 5.86. The summed E-state index contributed by atoms with van der Waals surface area (Å²) in [5.41, 5.74) is 13.1. The highest BCUT2D eigenvalue weighted by Crippen LogP contribution is 2.20. The van der Waals surface area contributed by atoms with E-state index >= 15 is 0 Å². The van der Waals surface area contributed by atoms with Crippen LogP contribution in [0.1, 0.15) is 12.0 Å². The molecule has 0 radical (unpaired) electrons. The number of hydrogen-bond donors (Lipinski definition) is 3. The summed E-state index contributed by atoms with van der Waals surface area (Å²) in [6.45, 7) is 0.540. The molecule has 19 heavy (non-hydrogen) atoms. The van der Waals surface area contributed by atoms with Gasteiger partial charge in [0.05, 0.1) is 5.69 Å². The molecule has 0 unspecified atom stereocenters. The van der Waals surface area contributed by atoms with Crippen LogP contribution in [-0.2, 0) is 6.42 Å². The third-order valence-electron chi connectivity index (χ3n) is 2.71. The summed E-state index contributed by atoms with van der Waals surface area (Å²) >= 11 is 0. The van der Waals surface area contributed by atoms with Crippen molar-refractivity contribution in [3.05, 3.63) is 46.2 Å². The van der Waals surface area contributed by atoms with E-state index in [0.29, 0.717) is 24.2 Å². The molecule has 1 heterocycles. The highest BCUT2D eigenvalue weighted by molar-refractivity contribution is 5.63. The van der Waals surface area contributed by atoms with Gasteiger partial charge in [-0.3, -0.25) is 9.78 Å². The lowest BCUT2D eigenvalue weighted by atomic mass is 10.0. The van der Waals surface area contributed by atoms with Crippen LogP contribution in [0.5, 0.6) is 0 Å². The average Bonchev–Trinajstić information content (AvgIpc) is 2.38. The molecular weight excluding hydrogens is 264 g/mol. The molecule has 102 valence electrons. The second kappa shape index (κ2) is 6.92. The van der Waals surface area contributed by atoms with Gasteiger partial charge in [-0.2, -0.15) is 0 Å². The van der Waals surface area contributed by atoms with E-state index in [1.54, 1.807) is 0 Å². The molecular formula is C13H16ClN4O-. The number of aromatic nitrogens is 2. The maximum Gasteiger partial charge on any atom is 0.256 e. The van der Waals surface area contributed by atoms with Crippen LogP contribution < -0.4 is 29.4 Å². The Bertz CT molecular complexity index is 583. The van der Waals surface area contributed by atoms with E-state index in [1.807, 2.05) is 30.3 Å². The number of nitrogens with two attached hydrogens (primary N) is 2. The summed E-state index contributed by atoms with van der Waals surface area (Å²) in [5.74, 6) is 0.135. The number of aromatic amines is 1. The minimum Gasteiger partial charge on any atom is -1.00 e. The van der Waals surface area contributed by atoms with Crippen molar-refractivity contribution >= 4 is 5.95 Å². The summed E-state index contributed by atoms with van der Waals surface area (Å²) < 4.78 is 0. The fourth-order valence-electron chi connectivity index (χ4n) is 1.86. The quantitative estimate of drug-likeness (QED) is 0.598.